The van der Waals surface area contributed by atoms with Crippen LogP contribution in [0, 0.1) is 5.82 Å². The Hall–Kier alpha value is -2.18. The molecule has 0 bridgehead atoms. The minimum Gasteiger partial charge on any atom is -0.448 e. The number of carbonyl (C=O) groups excluding carboxylic acids is 2. The number of likely N-dealkylation sites (N-methyl/N-ethyl adjacent to an activating group) is 1. The third-order valence-electron chi connectivity index (χ3n) is 3.32. The van der Waals surface area contributed by atoms with E-state index in [1.54, 1.807) is 12.1 Å². The molecule has 5 nitrogen and oxygen atoms in total. The van der Waals surface area contributed by atoms with Gasteiger partial charge in [-0.25, -0.2) is 14.2 Å². The first-order chi connectivity index (χ1) is 11.8. The second-order valence-electron chi connectivity index (χ2n) is 5.34. The topological polar surface area (TPSA) is 59.5 Å². The van der Waals surface area contributed by atoms with E-state index >= 15 is 0 Å². The van der Waals surface area contributed by atoms with Crippen LogP contribution in [-0.2, 0) is 16.1 Å². The Labute approximate surface area is 154 Å². The third kappa shape index (κ3) is 5.14. The Balaban J connectivity index is 2.01. The van der Waals surface area contributed by atoms with Gasteiger partial charge >= 0.3 is 5.97 Å². The number of esters is 1. The predicted molar refractivity (Wildman–Crippen MR) is 92.0 cm³/mol. The van der Waals surface area contributed by atoms with Crippen molar-refractivity contribution in [2.24, 2.45) is 0 Å². The number of ether oxygens (including phenoxy) is 1. The number of halogens is 3. The molecule has 25 heavy (non-hydrogen) atoms. The number of nitrogens with zero attached hydrogens (tertiary/aromatic N) is 2. The Morgan fingerprint density at radius 2 is 2.00 bits per heavy atom. The van der Waals surface area contributed by atoms with Crippen LogP contribution in [0.5, 0.6) is 0 Å². The van der Waals surface area contributed by atoms with Crippen LogP contribution in [0.3, 0.4) is 0 Å². The summed E-state index contributed by atoms with van der Waals surface area (Å²) in [5.74, 6) is -1.69. The minimum absolute atomic E-state index is 0.0714. The van der Waals surface area contributed by atoms with Crippen molar-refractivity contribution in [3.05, 3.63) is 63.6 Å². The van der Waals surface area contributed by atoms with Gasteiger partial charge in [-0.3, -0.25) is 4.79 Å². The maximum absolute atomic E-state index is 13.2. The number of pyridine rings is 1. The van der Waals surface area contributed by atoms with Crippen molar-refractivity contribution in [2.75, 3.05) is 7.05 Å². The first kappa shape index (κ1) is 19.1. The van der Waals surface area contributed by atoms with E-state index < -0.39 is 18.0 Å². The molecule has 1 aromatic heterocycles. The van der Waals surface area contributed by atoms with Crippen LogP contribution in [0.2, 0.25) is 10.2 Å². The summed E-state index contributed by atoms with van der Waals surface area (Å²) in [6.45, 7) is 1.61. The lowest BCUT2D eigenvalue weighted by Crippen LogP contribution is -2.37. The smallest absolute Gasteiger partial charge is 0.359 e. The molecule has 1 atom stereocenters. The Morgan fingerprint density at radius 1 is 1.28 bits per heavy atom. The molecular weight excluding hydrogens is 370 g/mol. The monoisotopic (exact) mass is 384 g/mol. The quantitative estimate of drug-likeness (QED) is 0.581. The number of amides is 1. The largest absolute Gasteiger partial charge is 0.448 e. The molecule has 0 radical (unpaired) electrons. The molecule has 0 aliphatic carbocycles. The molecule has 0 fully saturated rings. The second-order valence-corrected chi connectivity index (χ2v) is 6.13. The third-order valence-corrected chi connectivity index (χ3v) is 3.84. The molecule has 0 saturated heterocycles. The van der Waals surface area contributed by atoms with Crippen LogP contribution in [0.15, 0.2) is 36.4 Å². The van der Waals surface area contributed by atoms with Gasteiger partial charge in [0, 0.05) is 13.6 Å². The predicted octanol–water partition coefficient (Wildman–Crippen LogP) is 3.73. The van der Waals surface area contributed by atoms with Crippen molar-refractivity contribution >= 4 is 35.1 Å². The van der Waals surface area contributed by atoms with Gasteiger partial charge in [-0.1, -0.05) is 35.3 Å². The fourth-order valence-electron chi connectivity index (χ4n) is 2.13. The molecule has 1 aromatic carbocycles. The average molecular weight is 385 g/mol. The molecule has 0 N–H and O–H groups in total. The van der Waals surface area contributed by atoms with Crippen molar-refractivity contribution in [3.8, 4) is 0 Å². The SMILES string of the molecule is CC(OC(=O)c1nc(Cl)ccc1Cl)C(=O)N(C)Cc1cccc(F)c1. The van der Waals surface area contributed by atoms with Crippen molar-refractivity contribution in [2.45, 2.75) is 19.6 Å². The molecule has 2 rings (SSSR count). The summed E-state index contributed by atoms with van der Waals surface area (Å²) in [5.41, 5.74) is 0.454. The molecule has 1 heterocycles. The molecule has 0 saturated carbocycles. The summed E-state index contributed by atoms with van der Waals surface area (Å²) in [5, 5.41) is 0.153. The summed E-state index contributed by atoms with van der Waals surface area (Å²) in [7, 11) is 1.53. The fourth-order valence-corrected chi connectivity index (χ4v) is 2.46. The maximum Gasteiger partial charge on any atom is 0.359 e. The number of benzene rings is 1. The zero-order valence-electron chi connectivity index (χ0n) is 13.5. The number of rotatable bonds is 5. The lowest BCUT2D eigenvalue weighted by atomic mass is 10.2. The molecule has 1 unspecified atom stereocenters. The van der Waals surface area contributed by atoms with Crippen molar-refractivity contribution in [1.29, 1.82) is 0 Å². The molecule has 132 valence electrons. The minimum atomic E-state index is -1.07. The van der Waals surface area contributed by atoms with E-state index in [0.717, 1.165) is 0 Å². The second kappa shape index (κ2) is 8.27. The Bertz CT molecular complexity index is 801. The van der Waals surface area contributed by atoms with E-state index in [4.69, 9.17) is 27.9 Å². The summed E-state index contributed by atoms with van der Waals surface area (Å²) in [6, 6.07) is 8.74. The molecule has 2 aromatic rings. The van der Waals surface area contributed by atoms with Gasteiger partial charge in [-0.2, -0.15) is 0 Å². The van der Waals surface area contributed by atoms with Gasteiger partial charge in [-0.15, -0.1) is 0 Å². The molecular formula is C17H15Cl2FN2O3. The lowest BCUT2D eigenvalue weighted by Gasteiger charge is -2.21. The van der Waals surface area contributed by atoms with Gasteiger partial charge in [0.05, 0.1) is 5.02 Å². The molecule has 8 heteroatoms. The van der Waals surface area contributed by atoms with E-state index in [1.165, 1.54) is 43.1 Å². The van der Waals surface area contributed by atoms with E-state index in [-0.39, 0.29) is 28.2 Å². The normalized spacial score (nSPS) is 11.7. The summed E-state index contributed by atoms with van der Waals surface area (Å²) >= 11 is 11.6. The first-order valence-electron chi connectivity index (χ1n) is 7.30. The van der Waals surface area contributed by atoms with Crippen LogP contribution >= 0.6 is 23.2 Å². The molecule has 0 aliphatic rings. The van der Waals surface area contributed by atoms with Crippen LogP contribution in [0.4, 0.5) is 4.39 Å². The van der Waals surface area contributed by atoms with E-state index in [2.05, 4.69) is 4.98 Å². The highest BCUT2D eigenvalue weighted by Gasteiger charge is 2.24. The number of hydrogen-bond donors (Lipinski definition) is 0. The fraction of sp³-hybridized carbons (Fsp3) is 0.235. The van der Waals surface area contributed by atoms with Crippen LogP contribution in [0.25, 0.3) is 0 Å². The number of carbonyl (C=O) groups is 2. The van der Waals surface area contributed by atoms with Crippen molar-refractivity contribution < 1.29 is 18.7 Å². The van der Waals surface area contributed by atoms with Crippen molar-refractivity contribution in [3.63, 3.8) is 0 Å². The Kier molecular flexibility index (Phi) is 6.33. The maximum atomic E-state index is 13.2. The average Bonchev–Trinajstić information content (AvgIpc) is 2.56. The van der Waals surface area contributed by atoms with Gasteiger partial charge in [0.2, 0.25) is 0 Å². The van der Waals surface area contributed by atoms with Gasteiger partial charge < -0.3 is 9.64 Å². The molecule has 0 spiro atoms. The van der Waals surface area contributed by atoms with Crippen LogP contribution in [-0.4, -0.2) is 34.9 Å². The van der Waals surface area contributed by atoms with Gasteiger partial charge in [0.25, 0.3) is 5.91 Å². The molecule has 1 amide bonds. The highest BCUT2D eigenvalue weighted by molar-refractivity contribution is 6.34. The van der Waals surface area contributed by atoms with E-state index in [1.807, 2.05) is 0 Å². The first-order valence-corrected chi connectivity index (χ1v) is 8.06. The highest BCUT2D eigenvalue weighted by Crippen LogP contribution is 2.18. The zero-order valence-corrected chi connectivity index (χ0v) is 15.0. The van der Waals surface area contributed by atoms with E-state index in [9.17, 15) is 14.0 Å². The van der Waals surface area contributed by atoms with Crippen LogP contribution in [0.1, 0.15) is 23.0 Å². The number of aromatic nitrogens is 1. The van der Waals surface area contributed by atoms with Crippen molar-refractivity contribution in [1.82, 2.24) is 9.88 Å². The van der Waals surface area contributed by atoms with Gasteiger partial charge in [0.1, 0.15) is 11.0 Å². The molecule has 0 aliphatic heterocycles. The summed E-state index contributed by atoms with van der Waals surface area (Å²) < 4.78 is 18.3. The van der Waals surface area contributed by atoms with E-state index in [0.29, 0.717) is 5.56 Å². The number of hydrogen-bond acceptors (Lipinski definition) is 4. The highest BCUT2D eigenvalue weighted by atomic mass is 35.5. The summed E-state index contributed by atoms with van der Waals surface area (Å²) in [4.78, 5) is 29.6. The van der Waals surface area contributed by atoms with Gasteiger partial charge in [-0.05, 0) is 36.8 Å². The lowest BCUT2D eigenvalue weighted by molar-refractivity contribution is -0.139. The van der Waals surface area contributed by atoms with Crippen LogP contribution < -0.4 is 0 Å². The zero-order chi connectivity index (χ0) is 18.6. The standard InChI is InChI=1S/C17H15Cl2FN2O3/c1-10(25-17(24)15-13(18)6-7-14(19)21-15)16(23)22(2)9-11-4-3-5-12(20)8-11/h3-8,10H,9H2,1-2H3. The Morgan fingerprint density at radius 3 is 2.68 bits per heavy atom. The summed E-state index contributed by atoms with van der Waals surface area (Å²) in [6.07, 6.45) is -1.07. The van der Waals surface area contributed by atoms with Gasteiger partial charge in [0.15, 0.2) is 11.8 Å².